The first-order valence-electron chi connectivity index (χ1n) is 18.9. The highest BCUT2D eigenvalue weighted by atomic mass is 28.3. The van der Waals surface area contributed by atoms with Crippen molar-refractivity contribution in [1.29, 1.82) is 0 Å². The van der Waals surface area contributed by atoms with Crippen LogP contribution in [0.5, 0.6) is 5.88 Å². The Bertz CT molecular complexity index is 2710. The lowest BCUT2D eigenvalue weighted by molar-refractivity contribution is -0.582. The van der Waals surface area contributed by atoms with Crippen LogP contribution in [0.1, 0.15) is 55.8 Å². The summed E-state index contributed by atoms with van der Waals surface area (Å²) in [4.78, 5) is 43.7. The minimum atomic E-state index is -2.58. The third-order valence-electron chi connectivity index (χ3n) is 11.5. The molecule has 12 nitrogen and oxygen atoms in total. The number of carbonyl (C=O) groups excluding carboxylic acids is 2. The Morgan fingerprint density at radius 1 is 0.983 bits per heavy atom. The molecule has 0 radical (unpaired) electrons. The lowest BCUT2D eigenvalue weighted by Gasteiger charge is -2.40. The van der Waals surface area contributed by atoms with Crippen LogP contribution in [-0.2, 0) is 13.2 Å². The first-order valence-corrected chi connectivity index (χ1v) is 21.9. The van der Waals surface area contributed by atoms with Gasteiger partial charge in [0.05, 0.1) is 18.7 Å². The highest BCUT2D eigenvalue weighted by Crippen LogP contribution is 2.45. The van der Waals surface area contributed by atoms with E-state index in [4.69, 9.17) is 10.5 Å². The molecule has 5 aromatic rings. The zero-order valence-electron chi connectivity index (χ0n) is 31.6. The molecule has 4 N–H and O–H groups in total. The molecule has 16 heteroatoms. The van der Waals surface area contributed by atoms with Crippen molar-refractivity contribution in [1.82, 2.24) is 25.3 Å². The topological polar surface area (TPSA) is 165 Å². The SMILES string of the molecule is C[Si]1(C)C2=CC(=[N+]3CCC3)C=CC2=C(c2c(F)c(C(=O)NCc3ccc(COc4nc(N)nc5nc[nH]c45)cc3)c(F)c(F)c2C(=O)[O-])c2ccc(N3CCC3)cc21. The van der Waals surface area contributed by atoms with Crippen molar-refractivity contribution in [3.63, 3.8) is 0 Å². The Hall–Kier alpha value is -6.55. The Balaban J connectivity index is 1.07. The number of H-pyrrole nitrogens is 1. The molecule has 58 heavy (non-hydrogen) atoms. The first kappa shape index (κ1) is 37.0. The van der Waals surface area contributed by atoms with E-state index in [1.54, 1.807) is 36.4 Å². The van der Waals surface area contributed by atoms with Gasteiger partial charge in [0.2, 0.25) is 11.8 Å². The molecule has 3 aliphatic heterocycles. The number of nitrogens with zero attached hydrogens (tertiary/aromatic N) is 5. The van der Waals surface area contributed by atoms with E-state index < -0.39 is 54.1 Å². The number of aromatic nitrogens is 4. The first-order chi connectivity index (χ1) is 27.9. The summed E-state index contributed by atoms with van der Waals surface area (Å²) in [5, 5.41) is 17.0. The molecule has 0 saturated carbocycles. The van der Waals surface area contributed by atoms with E-state index >= 15 is 13.2 Å². The molecule has 0 atom stereocenters. The maximum Gasteiger partial charge on any atom is 0.257 e. The van der Waals surface area contributed by atoms with Gasteiger partial charge in [0.15, 0.2) is 23.0 Å². The second-order valence-corrected chi connectivity index (χ2v) is 19.6. The smallest absolute Gasteiger partial charge is 0.257 e. The average molecular weight is 803 g/mol. The summed E-state index contributed by atoms with van der Waals surface area (Å²) in [5.74, 6) is -8.44. The standard InChI is InChI=1S/C42H37F3N8O4Si/c1-58(2)28-17-24(52-13-3-14-52)9-11-26(28)30(27-12-10-25(18-29(27)58)53-15-4-16-53)31-32(41(55)56)35(44)36(45)33(34(31)43)39(54)47-19-22-5-7-23(8-6-22)20-57-40-37-38(49-21-48-37)50-42(46)51-40/h5-12,17-18,21H,3-4,13-16,19-20H2,1-2H3,(H4-,46,47,48,49,50,51,54,55,56). The van der Waals surface area contributed by atoms with Crippen LogP contribution >= 0.6 is 0 Å². The predicted octanol–water partition coefficient (Wildman–Crippen LogP) is 4.06. The minimum Gasteiger partial charge on any atom is -0.545 e. The largest absolute Gasteiger partial charge is 0.545 e. The van der Waals surface area contributed by atoms with Gasteiger partial charge in [0.1, 0.15) is 44.7 Å². The molecule has 0 bridgehead atoms. The molecule has 4 aliphatic rings. The molecule has 1 amide bonds. The number of nitrogens with two attached hydrogens (primary N) is 1. The number of carboxylic acids is 1. The van der Waals surface area contributed by atoms with Crippen molar-refractivity contribution in [2.24, 2.45) is 0 Å². The van der Waals surface area contributed by atoms with Gasteiger partial charge in [-0.1, -0.05) is 43.4 Å². The van der Waals surface area contributed by atoms with E-state index in [0.29, 0.717) is 27.9 Å². The predicted molar refractivity (Wildman–Crippen MR) is 212 cm³/mol. The summed E-state index contributed by atoms with van der Waals surface area (Å²) >= 11 is 0. The van der Waals surface area contributed by atoms with Crippen LogP contribution < -0.4 is 31.0 Å². The number of halogens is 3. The van der Waals surface area contributed by atoms with Gasteiger partial charge >= 0.3 is 0 Å². The highest BCUT2D eigenvalue weighted by molar-refractivity contribution is 6.98. The van der Waals surface area contributed by atoms with Gasteiger partial charge in [-0.2, -0.15) is 9.97 Å². The molecule has 3 aromatic carbocycles. The molecular formula is C42H37F3N8O4Si. The number of fused-ring (bicyclic) bond motifs is 3. The van der Waals surface area contributed by atoms with Gasteiger partial charge in [-0.25, -0.2) is 22.7 Å². The van der Waals surface area contributed by atoms with Gasteiger partial charge in [0, 0.05) is 48.6 Å². The monoisotopic (exact) mass is 802 g/mol. The van der Waals surface area contributed by atoms with Gasteiger partial charge in [-0.15, -0.1) is 0 Å². The number of nitrogen functional groups attached to an aromatic ring is 1. The number of hydrogen-bond acceptors (Lipinski definition) is 9. The van der Waals surface area contributed by atoms with E-state index in [0.717, 1.165) is 66.4 Å². The van der Waals surface area contributed by atoms with Crippen LogP contribution in [0.4, 0.5) is 24.8 Å². The summed E-state index contributed by atoms with van der Waals surface area (Å²) in [6.07, 6.45) is 9.29. The number of ether oxygens (including phenoxy) is 1. The molecule has 2 fully saturated rings. The summed E-state index contributed by atoms with van der Waals surface area (Å²) in [7, 11) is -2.58. The number of amides is 1. The molecule has 5 heterocycles. The van der Waals surface area contributed by atoms with Crippen LogP contribution in [0.2, 0.25) is 13.1 Å². The fourth-order valence-electron chi connectivity index (χ4n) is 8.03. The van der Waals surface area contributed by atoms with Crippen LogP contribution in [-0.4, -0.2) is 76.4 Å². The molecule has 0 spiro atoms. The number of nitrogens with one attached hydrogen (secondary N) is 2. The van der Waals surface area contributed by atoms with Crippen LogP contribution in [0, 0.1) is 17.5 Å². The Kier molecular flexibility index (Phi) is 9.02. The number of imidazole rings is 1. The van der Waals surface area contributed by atoms with Gasteiger partial charge in [-0.05, 0) is 62.8 Å². The molecular weight excluding hydrogens is 766 g/mol. The number of aromatic carboxylic acids is 1. The van der Waals surface area contributed by atoms with Crippen molar-refractivity contribution in [3.8, 4) is 5.88 Å². The number of aromatic amines is 1. The summed E-state index contributed by atoms with van der Waals surface area (Å²) < 4.78 is 57.2. The second kappa shape index (κ2) is 14.1. The summed E-state index contributed by atoms with van der Waals surface area (Å²) in [5.41, 5.74) is 7.67. The molecule has 294 valence electrons. The zero-order chi connectivity index (χ0) is 40.5. The Labute approximate surface area is 331 Å². The van der Waals surface area contributed by atoms with Crippen molar-refractivity contribution >= 4 is 59.2 Å². The number of carbonyl (C=O) groups is 2. The van der Waals surface area contributed by atoms with E-state index in [2.05, 4.69) is 60.0 Å². The van der Waals surface area contributed by atoms with E-state index in [1.165, 1.54) is 6.33 Å². The van der Waals surface area contributed by atoms with E-state index in [-0.39, 0.29) is 30.6 Å². The third-order valence-corrected chi connectivity index (χ3v) is 15.0. The number of benzene rings is 3. The van der Waals surface area contributed by atoms with Crippen molar-refractivity contribution in [3.05, 3.63) is 129 Å². The zero-order valence-corrected chi connectivity index (χ0v) is 32.6. The van der Waals surface area contributed by atoms with Gasteiger partial charge in [0.25, 0.3) is 5.91 Å². The number of allylic oxidation sites excluding steroid dienone is 5. The maximum absolute atomic E-state index is 17.2. The summed E-state index contributed by atoms with van der Waals surface area (Å²) in [6.45, 7) is 7.79. The lowest BCUT2D eigenvalue weighted by atomic mass is 9.85. The fourth-order valence-corrected chi connectivity index (χ4v) is 11.1. The van der Waals surface area contributed by atoms with Crippen molar-refractivity contribution in [2.45, 2.75) is 39.1 Å². The lowest BCUT2D eigenvalue weighted by Crippen LogP contribution is -2.50. The van der Waals surface area contributed by atoms with Crippen molar-refractivity contribution < 1.29 is 37.2 Å². The fraction of sp³-hybridized carbons (Fsp3) is 0.238. The van der Waals surface area contributed by atoms with Crippen LogP contribution in [0.25, 0.3) is 16.7 Å². The van der Waals surface area contributed by atoms with Crippen molar-refractivity contribution in [2.75, 3.05) is 36.8 Å². The van der Waals surface area contributed by atoms with Gasteiger partial charge < -0.3 is 35.6 Å². The van der Waals surface area contributed by atoms with Crippen LogP contribution in [0.3, 0.4) is 0 Å². The number of rotatable bonds is 9. The molecule has 0 unspecified atom stereocenters. The second-order valence-electron chi connectivity index (χ2n) is 15.3. The third kappa shape index (κ3) is 6.14. The number of carboxylic acid groups (broad SMARTS) is 1. The molecule has 2 saturated heterocycles. The summed E-state index contributed by atoms with van der Waals surface area (Å²) in [6, 6.07) is 12.6. The molecule has 9 rings (SSSR count). The Morgan fingerprint density at radius 2 is 1.72 bits per heavy atom. The maximum atomic E-state index is 17.2. The molecule has 1 aliphatic carbocycles. The van der Waals surface area contributed by atoms with Crippen LogP contribution in [0.15, 0.2) is 77.8 Å². The highest BCUT2D eigenvalue weighted by Gasteiger charge is 2.43. The number of hydrogen-bond donors (Lipinski definition) is 3. The molecule has 2 aromatic heterocycles. The van der Waals surface area contributed by atoms with E-state index in [9.17, 15) is 14.7 Å². The quantitative estimate of drug-likeness (QED) is 0.113. The van der Waals surface area contributed by atoms with Gasteiger partial charge in [-0.3, -0.25) is 4.79 Å². The average Bonchev–Trinajstić information content (AvgIpc) is 3.63. The van der Waals surface area contributed by atoms with E-state index in [1.807, 2.05) is 12.1 Å². The Morgan fingerprint density at radius 3 is 2.41 bits per heavy atom. The number of anilines is 2. The normalized spacial score (nSPS) is 16.7. The minimum absolute atomic E-state index is 0.000237.